The lowest BCUT2D eigenvalue weighted by Gasteiger charge is -2.03. The molecule has 17 heavy (non-hydrogen) atoms. The molecule has 0 heterocycles. The number of carbonyl (C=O) groups is 2. The Labute approximate surface area is 104 Å². The Morgan fingerprint density at radius 2 is 2.12 bits per heavy atom. The molecule has 3 N–H and O–H groups in total. The zero-order chi connectivity index (χ0) is 13.1. The Balaban J connectivity index is 3.97. The first-order valence-corrected chi connectivity index (χ1v) is 5.55. The zero-order valence-corrected chi connectivity index (χ0v) is 9.96. The summed E-state index contributed by atoms with van der Waals surface area (Å²) >= 11 is 5.41. The third-order valence-electron chi connectivity index (χ3n) is 1.70. The van der Waals surface area contributed by atoms with E-state index in [0.29, 0.717) is 18.8 Å². The van der Waals surface area contributed by atoms with E-state index in [9.17, 15) is 9.59 Å². The van der Waals surface area contributed by atoms with Gasteiger partial charge >= 0.3 is 5.97 Å². The molecule has 0 saturated carbocycles. The number of hydrogen-bond donors (Lipinski definition) is 3. The molecule has 7 heteroatoms. The molecule has 0 spiro atoms. The van der Waals surface area contributed by atoms with Crippen LogP contribution in [0.4, 0.5) is 0 Å². The highest BCUT2D eigenvalue weighted by molar-refractivity contribution is 6.18. The molecule has 0 aliphatic rings. The summed E-state index contributed by atoms with van der Waals surface area (Å²) < 4.78 is 0. The van der Waals surface area contributed by atoms with Gasteiger partial charge in [-0.25, -0.2) is 0 Å². The molecule has 0 fully saturated rings. The maximum absolute atomic E-state index is 11.4. The van der Waals surface area contributed by atoms with Gasteiger partial charge in [0.15, 0.2) is 0 Å². The van der Waals surface area contributed by atoms with Gasteiger partial charge in [-0.05, 0) is 6.42 Å². The zero-order valence-electron chi connectivity index (χ0n) is 9.20. The van der Waals surface area contributed by atoms with Crippen molar-refractivity contribution in [3.63, 3.8) is 0 Å². The summed E-state index contributed by atoms with van der Waals surface area (Å²) in [6, 6.07) is 1.74. The molecule has 0 aliphatic carbocycles. The second kappa shape index (κ2) is 9.48. The van der Waals surface area contributed by atoms with E-state index in [1.54, 1.807) is 6.07 Å². The minimum atomic E-state index is -0.918. The molecular formula is C10H14ClN3O3. The number of aliphatic carboxylic acids is 1. The van der Waals surface area contributed by atoms with Crippen molar-refractivity contribution in [1.29, 1.82) is 5.26 Å². The van der Waals surface area contributed by atoms with Gasteiger partial charge in [-0.3, -0.25) is 9.59 Å². The summed E-state index contributed by atoms with van der Waals surface area (Å²) in [4.78, 5) is 21.6. The fourth-order valence-corrected chi connectivity index (χ4v) is 1.02. The van der Waals surface area contributed by atoms with Crippen molar-refractivity contribution in [1.82, 2.24) is 10.6 Å². The molecule has 0 rings (SSSR count). The summed E-state index contributed by atoms with van der Waals surface area (Å²) in [5.41, 5.74) is -0.0644. The van der Waals surface area contributed by atoms with E-state index in [2.05, 4.69) is 10.6 Å². The highest BCUT2D eigenvalue weighted by Crippen LogP contribution is 1.92. The topological polar surface area (TPSA) is 102 Å². The number of carboxylic acids is 1. The Hall–Kier alpha value is -1.74. The number of carboxylic acid groups (broad SMARTS) is 1. The second-order valence-corrected chi connectivity index (χ2v) is 3.44. The minimum absolute atomic E-state index is 0.0175. The molecule has 94 valence electrons. The first-order chi connectivity index (χ1) is 8.11. The van der Waals surface area contributed by atoms with Crippen molar-refractivity contribution < 1.29 is 14.7 Å². The fourth-order valence-electron chi connectivity index (χ4n) is 0.914. The van der Waals surface area contributed by atoms with Crippen LogP contribution in [0.15, 0.2) is 11.8 Å². The van der Waals surface area contributed by atoms with Crippen LogP contribution in [-0.2, 0) is 9.59 Å². The van der Waals surface area contributed by atoms with Crippen molar-refractivity contribution in [3.05, 3.63) is 11.8 Å². The number of rotatable bonds is 8. The van der Waals surface area contributed by atoms with Gasteiger partial charge in [0.2, 0.25) is 0 Å². The van der Waals surface area contributed by atoms with E-state index < -0.39 is 11.9 Å². The first-order valence-electron chi connectivity index (χ1n) is 5.01. The van der Waals surface area contributed by atoms with Gasteiger partial charge in [0.05, 0.1) is 0 Å². The van der Waals surface area contributed by atoms with E-state index in [1.165, 1.54) is 6.20 Å². The molecule has 1 amide bonds. The fraction of sp³-hybridized carbons (Fsp3) is 0.500. The third kappa shape index (κ3) is 8.11. The van der Waals surface area contributed by atoms with Gasteiger partial charge in [-0.15, -0.1) is 11.6 Å². The molecule has 6 nitrogen and oxygen atoms in total. The summed E-state index contributed by atoms with van der Waals surface area (Å²) in [5.74, 6) is -1.07. The maximum Gasteiger partial charge on any atom is 0.303 e. The predicted octanol–water partition coefficient (Wildman–Crippen LogP) is 0.203. The quantitative estimate of drug-likeness (QED) is 0.250. The van der Waals surface area contributed by atoms with Crippen LogP contribution in [0.5, 0.6) is 0 Å². The van der Waals surface area contributed by atoms with Crippen LogP contribution in [-0.4, -0.2) is 36.0 Å². The van der Waals surface area contributed by atoms with Crippen molar-refractivity contribution in [3.8, 4) is 6.07 Å². The monoisotopic (exact) mass is 259 g/mol. The highest BCUT2D eigenvalue weighted by Gasteiger charge is 2.07. The molecule has 0 aromatic heterocycles. The van der Waals surface area contributed by atoms with Crippen LogP contribution < -0.4 is 10.6 Å². The Morgan fingerprint density at radius 1 is 1.41 bits per heavy atom. The highest BCUT2D eigenvalue weighted by atomic mass is 35.5. The predicted molar refractivity (Wildman–Crippen MR) is 62.3 cm³/mol. The number of carbonyl (C=O) groups excluding carboxylic acids is 1. The average Bonchev–Trinajstić information content (AvgIpc) is 2.30. The normalized spacial score (nSPS) is 10.5. The van der Waals surface area contributed by atoms with Gasteiger partial charge in [0.25, 0.3) is 5.91 Å². The Kier molecular flexibility index (Phi) is 8.51. The number of nitriles is 1. The van der Waals surface area contributed by atoms with Crippen LogP contribution in [0.3, 0.4) is 0 Å². The number of nitrogens with zero attached hydrogens (tertiary/aromatic N) is 1. The number of alkyl halides is 1. The average molecular weight is 260 g/mol. The lowest BCUT2D eigenvalue weighted by molar-refractivity contribution is -0.137. The van der Waals surface area contributed by atoms with E-state index in [4.69, 9.17) is 22.0 Å². The molecule has 0 aromatic rings. The molecule has 0 bridgehead atoms. The van der Waals surface area contributed by atoms with Gasteiger partial charge in [0.1, 0.15) is 11.6 Å². The molecule has 0 radical (unpaired) electrons. The Bertz CT molecular complexity index is 336. The smallest absolute Gasteiger partial charge is 0.303 e. The largest absolute Gasteiger partial charge is 0.481 e. The lowest BCUT2D eigenvalue weighted by Crippen LogP contribution is -2.27. The molecule has 0 aromatic carbocycles. The maximum atomic E-state index is 11.4. The van der Waals surface area contributed by atoms with Crippen LogP contribution >= 0.6 is 11.6 Å². The van der Waals surface area contributed by atoms with Crippen LogP contribution in [0, 0.1) is 11.3 Å². The van der Waals surface area contributed by atoms with E-state index in [-0.39, 0.29) is 18.5 Å². The SMILES string of the molecule is N#C/C(=C/NCCCl)C(=O)NCCCC(=O)O. The van der Waals surface area contributed by atoms with Gasteiger partial charge in [0, 0.05) is 31.6 Å². The minimum Gasteiger partial charge on any atom is -0.481 e. The number of amides is 1. The van der Waals surface area contributed by atoms with Gasteiger partial charge < -0.3 is 15.7 Å². The second-order valence-electron chi connectivity index (χ2n) is 3.07. The van der Waals surface area contributed by atoms with Crippen molar-refractivity contribution in [2.75, 3.05) is 19.0 Å². The van der Waals surface area contributed by atoms with Gasteiger partial charge in [-0.2, -0.15) is 5.26 Å². The van der Waals surface area contributed by atoms with Crippen LogP contribution in [0.2, 0.25) is 0 Å². The first kappa shape index (κ1) is 15.3. The molecule has 0 atom stereocenters. The number of nitrogens with one attached hydrogen (secondary N) is 2. The van der Waals surface area contributed by atoms with Crippen molar-refractivity contribution >= 4 is 23.5 Å². The summed E-state index contributed by atoms with van der Waals surface area (Å²) in [7, 11) is 0. The summed E-state index contributed by atoms with van der Waals surface area (Å²) in [6.45, 7) is 0.679. The third-order valence-corrected chi connectivity index (χ3v) is 1.89. The van der Waals surface area contributed by atoms with Crippen molar-refractivity contribution in [2.45, 2.75) is 12.8 Å². The van der Waals surface area contributed by atoms with Crippen LogP contribution in [0.25, 0.3) is 0 Å². The van der Waals surface area contributed by atoms with E-state index in [0.717, 1.165) is 0 Å². The molecule has 0 aliphatic heterocycles. The summed E-state index contributed by atoms with van der Waals surface area (Å²) in [6.07, 6.45) is 1.60. The summed E-state index contributed by atoms with van der Waals surface area (Å²) in [5, 5.41) is 22.2. The van der Waals surface area contributed by atoms with E-state index >= 15 is 0 Å². The Morgan fingerprint density at radius 3 is 2.65 bits per heavy atom. The lowest BCUT2D eigenvalue weighted by atomic mass is 10.2. The van der Waals surface area contributed by atoms with Gasteiger partial charge in [-0.1, -0.05) is 0 Å². The number of hydrogen-bond acceptors (Lipinski definition) is 4. The molecular weight excluding hydrogens is 246 g/mol. The van der Waals surface area contributed by atoms with Crippen molar-refractivity contribution in [2.24, 2.45) is 0 Å². The molecule has 0 unspecified atom stereocenters. The standard InChI is InChI=1S/C10H14ClN3O3/c11-3-5-13-7-8(6-12)10(17)14-4-1-2-9(15)16/h7,13H,1-5H2,(H,14,17)(H,15,16)/b8-7-. The van der Waals surface area contributed by atoms with E-state index in [1.807, 2.05) is 0 Å². The molecule has 0 saturated heterocycles. The number of halogens is 1. The van der Waals surface area contributed by atoms with Crippen LogP contribution in [0.1, 0.15) is 12.8 Å².